The third kappa shape index (κ3) is 4.08. The molecule has 0 spiro atoms. The van der Waals surface area contributed by atoms with Crippen molar-refractivity contribution in [2.24, 2.45) is 0 Å². The summed E-state index contributed by atoms with van der Waals surface area (Å²) in [5.74, 6) is -0.278. The number of rotatable bonds is 4. The molecule has 4 rings (SSSR count). The molecule has 0 aliphatic carbocycles. The SMILES string of the molecule is Nc1cc(F)c(F)cc1NC1CCCN(CC2COc3ccccc3O2)C1. The number of benzene rings is 2. The van der Waals surface area contributed by atoms with Crippen LogP contribution < -0.4 is 20.5 Å². The molecule has 144 valence electrons. The monoisotopic (exact) mass is 375 g/mol. The lowest BCUT2D eigenvalue weighted by Gasteiger charge is -2.37. The van der Waals surface area contributed by atoms with E-state index in [-0.39, 0.29) is 17.8 Å². The molecular formula is C20H23F2N3O2. The quantitative estimate of drug-likeness (QED) is 0.804. The summed E-state index contributed by atoms with van der Waals surface area (Å²) >= 11 is 0. The molecule has 0 radical (unpaired) electrons. The van der Waals surface area contributed by atoms with Crippen molar-refractivity contribution in [3.63, 3.8) is 0 Å². The van der Waals surface area contributed by atoms with E-state index in [9.17, 15) is 8.78 Å². The molecular weight excluding hydrogens is 352 g/mol. The summed E-state index contributed by atoms with van der Waals surface area (Å²) in [5.41, 5.74) is 6.47. The molecule has 1 fully saturated rings. The summed E-state index contributed by atoms with van der Waals surface area (Å²) in [5, 5.41) is 3.25. The zero-order valence-corrected chi connectivity index (χ0v) is 15.0. The van der Waals surface area contributed by atoms with Gasteiger partial charge in [-0.2, -0.15) is 0 Å². The highest BCUT2D eigenvalue weighted by Crippen LogP contribution is 2.31. The Bertz CT molecular complexity index is 818. The number of fused-ring (bicyclic) bond motifs is 1. The summed E-state index contributed by atoms with van der Waals surface area (Å²) in [6.07, 6.45) is 1.91. The molecule has 3 N–H and O–H groups in total. The number of halogens is 2. The van der Waals surface area contributed by atoms with Gasteiger partial charge in [-0.3, -0.25) is 4.90 Å². The van der Waals surface area contributed by atoms with Gasteiger partial charge in [0.05, 0.1) is 11.4 Å². The third-order valence-corrected chi connectivity index (χ3v) is 4.99. The average molecular weight is 375 g/mol. The van der Waals surface area contributed by atoms with Crippen molar-refractivity contribution in [3.8, 4) is 11.5 Å². The van der Waals surface area contributed by atoms with Crippen LogP contribution in [0.15, 0.2) is 36.4 Å². The molecule has 2 heterocycles. The van der Waals surface area contributed by atoms with E-state index < -0.39 is 11.6 Å². The highest BCUT2D eigenvalue weighted by Gasteiger charge is 2.27. The van der Waals surface area contributed by atoms with Crippen molar-refractivity contribution < 1.29 is 18.3 Å². The van der Waals surface area contributed by atoms with E-state index in [4.69, 9.17) is 15.2 Å². The molecule has 2 unspecified atom stereocenters. The third-order valence-electron chi connectivity index (χ3n) is 4.99. The Hall–Kier alpha value is -2.54. The number of likely N-dealkylation sites (tertiary alicyclic amines) is 1. The molecule has 2 aromatic carbocycles. The molecule has 27 heavy (non-hydrogen) atoms. The van der Waals surface area contributed by atoms with Gasteiger partial charge in [0.1, 0.15) is 12.7 Å². The molecule has 0 saturated carbocycles. The number of nitrogens with two attached hydrogens (primary N) is 1. The standard InChI is InChI=1S/C20H23F2N3O2/c21-15-8-17(23)18(9-16(15)22)24-13-4-3-7-25(10-13)11-14-12-26-19-5-1-2-6-20(19)27-14/h1-2,5-6,8-9,13-14,24H,3-4,7,10-12,23H2. The molecule has 0 bridgehead atoms. The second kappa shape index (κ2) is 7.60. The van der Waals surface area contributed by atoms with Crippen molar-refractivity contribution >= 4 is 11.4 Å². The fourth-order valence-corrected chi connectivity index (χ4v) is 3.69. The van der Waals surface area contributed by atoms with Crippen LogP contribution in [-0.4, -0.2) is 43.3 Å². The molecule has 0 amide bonds. The van der Waals surface area contributed by atoms with Gasteiger partial charge in [-0.05, 0) is 31.5 Å². The van der Waals surface area contributed by atoms with Gasteiger partial charge >= 0.3 is 0 Å². The first-order valence-corrected chi connectivity index (χ1v) is 9.20. The number of nitrogens with zero attached hydrogens (tertiary/aromatic N) is 1. The Morgan fingerprint density at radius 3 is 2.78 bits per heavy atom. The maximum absolute atomic E-state index is 13.5. The van der Waals surface area contributed by atoms with Crippen LogP contribution in [0.4, 0.5) is 20.2 Å². The van der Waals surface area contributed by atoms with E-state index in [1.54, 1.807) is 0 Å². The number of nitrogens with one attached hydrogen (secondary N) is 1. The Morgan fingerprint density at radius 2 is 1.93 bits per heavy atom. The first kappa shape index (κ1) is 17.9. The maximum Gasteiger partial charge on any atom is 0.161 e. The van der Waals surface area contributed by atoms with Crippen LogP contribution in [0.5, 0.6) is 11.5 Å². The van der Waals surface area contributed by atoms with E-state index in [1.807, 2.05) is 24.3 Å². The average Bonchev–Trinajstić information content (AvgIpc) is 2.66. The Morgan fingerprint density at radius 1 is 1.15 bits per heavy atom. The first-order valence-electron chi connectivity index (χ1n) is 9.20. The Kier molecular flexibility index (Phi) is 5.03. The lowest BCUT2D eigenvalue weighted by molar-refractivity contribution is 0.0518. The van der Waals surface area contributed by atoms with E-state index in [0.717, 1.165) is 56.1 Å². The summed E-state index contributed by atoms with van der Waals surface area (Å²) in [6, 6.07) is 9.92. The van der Waals surface area contributed by atoms with Crippen LogP contribution in [0.25, 0.3) is 0 Å². The fraction of sp³-hybridized carbons (Fsp3) is 0.400. The zero-order chi connectivity index (χ0) is 18.8. The van der Waals surface area contributed by atoms with Crippen LogP contribution in [-0.2, 0) is 0 Å². The minimum absolute atomic E-state index is 0.0352. The summed E-state index contributed by atoms with van der Waals surface area (Å²) in [7, 11) is 0. The van der Waals surface area contributed by atoms with Gasteiger partial charge in [0.25, 0.3) is 0 Å². The van der Waals surface area contributed by atoms with Crippen LogP contribution in [0.1, 0.15) is 12.8 Å². The van der Waals surface area contributed by atoms with Crippen molar-refractivity contribution in [3.05, 3.63) is 48.0 Å². The maximum atomic E-state index is 13.5. The summed E-state index contributed by atoms with van der Waals surface area (Å²) in [4.78, 5) is 2.30. The van der Waals surface area contributed by atoms with Crippen molar-refractivity contribution in [2.75, 3.05) is 37.3 Å². The normalized spacial score (nSPS) is 22.4. The highest BCUT2D eigenvalue weighted by atomic mass is 19.2. The predicted molar refractivity (Wildman–Crippen MR) is 100 cm³/mol. The number of hydrogen-bond acceptors (Lipinski definition) is 5. The van der Waals surface area contributed by atoms with E-state index in [1.165, 1.54) is 0 Å². The number of ether oxygens (including phenoxy) is 2. The minimum atomic E-state index is -0.932. The predicted octanol–water partition coefficient (Wildman–Crippen LogP) is 3.26. The summed E-state index contributed by atoms with van der Waals surface area (Å²) < 4.78 is 38.6. The smallest absolute Gasteiger partial charge is 0.161 e. The lowest BCUT2D eigenvalue weighted by Crippen LogP contribution is -2.48. The Balaban J connectivity index is 1.36. The van der Waals surface area contributed by atoms with E-state index >= 15 is 0 Å². The largest absolute Gasteiger partial charge is 0.486 e. The number of hydrogen-bond donors (Lipinski definition) is 2. The minimum Gasteiger partial charge on any atom is -0.486 e. The van der Waals surface area contributed by atoms with Crippen LogP contribution in [0, 0.1) is 11.6 Å². The van der Waals surface area contributed by atoms with E-state index in [2.05, 4.69) is 10.2 Å². The Labute approximate surface area is 157 Å². The number of piperidine rings is 1. The lowest BCUT2D eigenvalue weighted by atomic mass is 10.0. The van der Waals surface area contributed by atoms with Crippen LogP contribution in [0.3, 0.4) is 0 Å². The van der Waals surface area contributed by atoms with Crippen molar-refractivity contribution in [2.45, 2.75) is 25.0 Å². The van der Waals surface area contributed by atoms with Crippen LogP contribution in [0.2, 0.25) is 0 Å². The van der Waals surface area contributed by atoms with Gasteiger partial charge in [0.15, 0.2) is 23.1 Å². The number of nitrogen functional groups attached to an aromatic ring is 1. The fourth-order valence-electron chi connectivity index (χ4n) is 3.69. The molecule has 7 heteroatoms. The van der Waals surface area contributed by atoms with E-state index in [0.29, 0.717) is 12.3 Å². The van der Waals surface area contributed by atoms with Gasteiger partial charge in [0.2, 0.25) is 0 Å². The molecule has 2 aliphatic rings. The van der Waals surface area contributed by atoms with Gasteiger partial charge in [-0.15, -0.1) is 0 Å². The summed E-state index contributed by atoms with van der Waals surface area (Å²) in [6.45, 7) is 3.01. The second-order valence-electron chi connectivity index (χ2n) is 7.09. The van der Waals surface area contributed by atoms with Crippen molar-refractivity contribution in [1.82, 2.24) is 4.90 Å². The van der Waals surface area contributed by atoms with Gasteiger partial charge < -0.3 is 20.5 Å². The van der Waals surface area contributed by atoms with Crippen LogP contribution >= 0.6 is 0 Å². The topological polar surface area (TPSA) is 59.8 Å². The zero-order valence-electron chi connectivity index (χ0n) is 15.0. The van der Waals surface area contributed by atoms with Gasteiger partial charge in [-0.1, -0.05) is 12.1 Å². The molecule has 2 atom stereocenters. The second-order valence-corrected chi connectivity index (χ2v) is 7.09. The highest BCUT2D eigenvalue weighted by molar-refractivity contribution is 5.66. The van der Waals surface area contributed by atoms with Gasteiger partial charge in [0, 0.05) is 31.3 Å². The molecule has 2 aliphatic heterocycles. The molecule has 2 aromatic rings. The molecule has 1 saturated heterocycles. The first-order chi connectivity index (χ1) is 13.1. The van der Waals surface area contributed by atoms with Gasteiger partial charge in [-0.25, -0.2) is 8.78 Å². The molecule has 5 nitrogen and oxygen atoms in total. The number of anilines is 2. The molecule has 0 aromatic heterocycles. The number of para-hydroxylation sites is 2. The van der Waals surface area contributed by atoms with Crippen molar-refractivity contribution in [1.29, 1.82) is 0 Å².